The lowest BCUT2D eigenvalue weighted by atomic mass is 9.96. The standard InChI is InChI=1S/C14H14F5N/c1-2-20-14(7-5-3-4-6-7)8-9(15)11(17)13(19)12(18)10(8)16/h5,14,20H,2-4,6H2,1H3. The van der Waals surface area contributed by atoms with Gasteiger partial charge in [-0.25, -0.2) is 22.0 Å². The molecule has 1 nitrogen and oxygen atoms in total. The number of nitrogens with one attached hydrogen (secondary N) is 1. The summed E-state index contributed by atoms with van der Waals surface area (Å²) in [5, 5.41) is 2.79. The molecule has 6 heteroatoms. The van der Waals surface area contributed by atoms with Crippen LogP contribution in [0.5, 0.6) is 0 Å². The minimum absolute atomic E-state index is 0.349. The first-order chi connectivity index (χ1) is 9.49. The van der Waals surface area contributed by atoms with Crippen molar-refractivity contribution in [2.75, 3.05) is 6.54 Å². The molecular weight excluding hydrogens is 277 g/mol. The summed E-state index contributed by atoms with van der Waals surface area (Å²) in [4.78, 5) is 0. The third-order valence-electron chi connectivity index (χ3n) is 3.39. The Morgan fingerprint density at radius 3 is 2.00 bits per heavy atom. The van der Waals surface area contributed by atoms with E-state index < -0.39 is 40.7 Å². The van der Waals surface area contributed by atoms with Gasteiger partial charge in [-0.15, -0.1) is 0 Å². The van der Waals surface area contributed by atoms with Crippen LogP contribution in [0.4, 0.5) is 22.0 Å². The van der Waals surface area contributed by atoms with Crippen LogP contribution in [0.25, 0.3) is 0 Å². The molecule has 0 heterocycles. The van der Waals surface area contributed by atoms with Crippen molar-refractivity contribution >= 4 is 0 Å². The Labute approximate surface area is 113 Å². The molecule has 1 aromatic rings. The van der Waals surface area contributed by atoms with E-state index in [9.17, 15) is 22.0 Å². The van der Waals surface area contributed by atoms with Gasteiger partial charge in [-0.1, -0.05) is 18.6 Å². The van der Waals surface area contributed by atoms with E-state index in [4.69, 9.17) is 0 Å². The summed E-state index contributed by atoms with van der Waals surface area (Å²) in [6, 6.07) is -0.980. The summed E-state index contributed by atoms with van der Waals surface area (Å²) in [5.41, 5.74) is -0.133. The van der Waals surface area contributed by atoms with E-state index in [-0.39, 0.29) is 0 Å². The summed E-state index contributed by atoms with van der Waals surface area (Å²) in [6.45, 7) is 2.05. The van der Waals surface area contributed by atoms with Crippen molar-refractivity contribution in [3.05, 3.63) is 46.3 Å². The maximum atomic E-state index is 13.8. The lowest BCUT2D eigenvalue weighted by Gasteiger charge is -2.21. The first-order valence-corrected chi connectivity index (χ1v) is 6.42. The molecular formula is C14H14F5N. The number of hydrogen-bond acceptors (Lipinski definition) is 1. The molecule has 1 atom stereocenters. The van der Waals surface area contributed by atoms with Gasteiger partial charge in [-0.05, 0) is 25.8 Å². The number of likely N-dealkylation sites (N-methyl/N-ethyl adjacent to an activating group) is 1. The van der Waals surface area contributed by atoms with Crippen molar-refractivity contribution in [1.82, 2.24) is 5.32 Å². The SMILES string of the molecule is CCNC(C1=CCCC1)c1c(F)c(F)c(F)c(F)c1F. The fourth-order valence-electron chi connectivity index (χ4n) is 2.46. The maximum Gasteiger partial charge on any atom is 0.200 e. The van der Waals surface area contributed by atoms with Gasteiger partial charge in [0.2, 0.25) is 5.82 Å². The molecule has 0 aliphatic heterocycles. The van der Waals surface area contributed by atoms with Crippen molar-refractivity contribution in [3.8, 4) is 0 Å². The molecule has 0 radical (unpaired) electrons. The van der Waals surface area contributed by atoms with Gasteiger partial charge >= 0.3 is 0 Å². The summed E-state index contributed by atoms with van der Waals surface area (Å²) >= 11 is 0. The highest BCUT2D eigenvalue weighted by molar-refractivity contribution is 5.34. The second-order valence-corrected chi connectivity index (χ2v) is 4.65. The van der Waals surface area contributed by atoms with Crippen molar-refractivity contribution < 1.29 is 22.0 Å². The van der Waals surface area contributed by atoms with Crippen LogP contribution in [0.2, 0.25) is 0 Å². The second-order valence-electron chi connectivity index (χ2n) is 4.65. The zero-order chi connectivity index (χ0) is 14.9. The number of hydrogen-bond donors (Lipinski definition) is 1. The Bertz CT molecular complexity index is 524. The quantitative estimate of drug-likeness (QED) is 0.380. The summed E-state index contributed by atoms with van der Waals surface area (Å²) in [7, 11) is 0. The molecule has 1 N–H and O–H groups in total. The average molecular weight is 291 g/mol. The van der Waals surface area contributed by atoms with Gasteiger partial charge in [-0.2, -0.15) is 0 Å². The molecule has 0 aromatic heterocycles. The number of benzene rings is 1. The third kappa shape index (κ3) is 2.44. The molecule has 0 spiro atoms. The van der Waals surface area contributed by atoms with Crippen LogP contribution >= 0.6 is 0 Å². The van der Waals surface area contributed by atoms with E-state index in [1.54, 1.807) is 13.0 Å². The molecule has 0 amide bonds. The van der Waals surface area contributed by atoms with Crippen LogP contribution in [0.15, 0.2) is 11.6 Å². The van der Waals surface area contributed by atoms with Crippen LogP contribution in [-0.2, 0) is 0 Å². The van der Waals surface area contributed by atoms with Gasteiger partial charge in [0, 0.05) is 0 Å². The average Bonchev–Trinajstić information content (AvgIpc) is 2.96. The molecule has 1 unspecified atom stereocenters. The smallest absolute Gasteiger partial charge is 0.200 e. The van der Waals surface area contributed by atoms with Crippen LogP contribution in [0.3, 0.4) is 0 Å². The summed E-state index contributed by atoms with van der Waals surface area (Å²) < 4.78 is 67.3. The molecule has 0 saturated heterocycles. The first-order valence-electron chi connectivity index (χ1n) is 6.42. The number of halogens is 5. The van der Waals surface area contributed by atoms with Gasteiger partial charge in [0.1, 0.15) is 0 Å². The highest BCUT2D eigenvalue weighted by Gasteiger charge is 2.32. The zero-order valence-electron chi connectivity index (χ0n) is 10.9. The largest absolute Gasteiger partial charge is 0.307 e. The lowest BCUT2D eigenvalue weighted by molar-refractivity contribution is 0.361. The molecule has 1 aliphatic carbocycles. The molecule has 1 aliphatic rings. The van der Waals surface area contributed by atoms with Crippen LogP contribution in [0.1, 0.15) is 37.8 Å². The van der Waals surface area contributed by atoms with Crippen molar-refractivity contribution in [2.45, 2.75) is 32.2 Å². The van der Waals surface area contributed by atoms with E-state index in [0.717, 1.165) is 12.8 Å². The summed E-state index contributed by atoms with van der Waals surface area (Å²) in [6.07, 6.45) is 3.92. The van der Waals surface area contributed by atoms with Crippen molar-refractivity contribution in [2.24, 2.45) is 0 Å². The Balaban J connectivity index is 2.59. The number of rotatable bonds is 4. The van der Waals surface area contributed by atoms with E-state index >= 15 is 0 Å². The third-order valence-corrected chi connectivity index (χ3v) is 3.39. The van der Waals surface area contributed by atoms with Gasteiger partial charge < -0.3 is 5.32 Å². The zero-order valence-corrected chi connectivity index (χ0v) is 10.9. The highest BCUT2D eigenvalue weighted by atomic mass is 19.2. The minimum Gasteiger partial charge on any atom is -0.307 e. The minimum atomic E-state index is -2.13. The summed E-state index contributed by atoms with van der Waals surface area (Å²) in [5.74, 6) is -9.46. The fourth-order valence-corrected chi connectivity index (χ4v) is 2.46. The van der Waals surface area contributed by atoms with Crippen LogP contribution in [0, 0.1) is 29.1 Å². The Hall–Kier alpha value is -1.43. The highest BCUT2D eigenvalue weighted by Crippen LogP contribution is 2.35. The Morgan fingerprint density at radius 1 is 1.00 bits per heavy atom. The lowest BCUT2D eigenvalue weighted by Crippen LogP contribution is -2.26. The normalized spacial score (nSPS) is 16.4. The second kappa shape index (κ2) is 5.91. The first kappa shape index (κ1) is 15.0. The monoisotopic (exact) mass is 291 g/mol. The molecule has 0 bridgehead atoms. The molecule has 2 rings (SSSR count). The molecule has 0 fully saturated rings. The predicted molar refractivity (Wildman–Crippen MR) is 64.6 cm³/mol. The molecule has 20 heavy (non-hydrogen) atoms. The molecule has 0 saturated carbocycles. The molecule has 1 aromatic carbocycles. The van der Waals surface area contributed by atoms with E-state index in [1.807, 2.05) is 0 Å². The topological polar surface area (TPSA) is 12.0 Å². The van der Waals surface area contributed by atoms with Crippen molar-refractivity contribution in [3.63, 3.8) is 0 Å². The fraction of sp³-hybridized carbons (Fsp3) is 0.429. The van der Waals surface area contributed by atoms with Gasteiger partial charge in [0.15, 0.2) is 23.3 Å². The maximum absolute atomic E-state index is 13.8. The van der Waals surface area contributed by atoms with Gasteiger partial charge in [0.05, 0.1) is 11.6 Å². The van der Waals surface area contributed by atoms with Gasteiger partial charge in [-0.3, -0.25) is 0 Å². The predicted octanol–water partition coefficient (Wildman–Crippen LogP) is 4.14. The van der Waals surface area contributed by atoms with Gasteiger partial charge in [0.25, 0.3) is 0 Å². The number of allylic oxidation sites excluding steroid dienone is 1. The van der Waals surface area contributed by atoms with E-state index in [0.29, 0.717) is 18.5 Å². The van der Waals surface area contributed by atoms with E-state index in [2.05, 4.69) is 5.32 Å². The van der Waals surface area contributed by atoms with E-state index in [1.165, 1.54) is 0 Å². The van der Waals surface area contributed by atoms with Crippen LogP contribution in [-0.4, -0.2) is 6.54 Å². The van der Waals surface area contributed by atoms with Crippen LogP contribution < -0.4 is 5.32 Å². The Morgan fingerprint density at radius 2 is 1.55 bits per heavy atom. The Kier molecular flexibility index (Phi) is 4.42. The molecule has 110 valence electrons. The van der Waals surface area contributed by atoms with Crippen molar-refractivity contribution in [1.29, 1.82) is 0 Å².